The average Bonchev–Trinajstić information content (AvgIpc) is 2.65. The number of rotatable bonds is 2. The minimum Gasteiger partial charge on any atom is -0.497 e. The van der Waals surface area contributed by atoms with E-state index in [-0.39, 0.29) is 11.2 Å². The Bertz CT molecular complexity index is 696. The molecule has 1 N–H and O–H groups in total. The molecule has 1 atom stereocenters. The normalized spacial score (nSPS) is 17.9. The van der Waals surface area contributed by atoms with Crippen LogP contribution in [0, 0.1) is 6.92 Å². The molecule has 5 nitrogen and oxygen atoms in total. The number of aromatic nitrogens is 2. The van der Waals surface area contributed by atoms with Crippen LogP contribution in [0.25, 0.3) is 0 Å². The molecule has 0 saturated carbocycles. The molecule has 3 rings (SSSR count). The van der Waals surface area contributed by atoms with E-state index in [1.54, 1.807) is 23.6 Å². The Kier molecular flexibility index (Phi) is 3.63. The first-order valence-corrected chi connectivity index (χ1v) is 7.74. The number of ether oxygens (including phenoxy) is 1. The zero-order valence-electron chi connectivity index (χ0n) is 12.2. The van der Waals surface area contributed by atoms with E-state index in [2.05, 4.69) is 16.5 Å². The molecule has 6 heteroatoms. The highest BCUT2D eigenvalue weighted by molar-refractivity contribution is 8.00. The highest BCUT2D eigenvalue weighted by Crippen LogP contribution is 2.43. The van der Waals surface area contributed by atoms with Crippen LogP contribution in [-0.4, -0.2) is 28.6 Å². The maximum atomic E-state index is 11.9. The van der Waals surface area contributed by atoms with Crippen LogP contribution >= 0.6 is 11.8 Å². The maximum absolute atomic E-state index is 11.9. The second kappa shape index (κ2) is 5.44. The molecule has 1 aliphatic rings. The van der Waals surface area contributed by atoms with Gasteiger partial charge in [0.2, 0.25) is 5.91 Å². The molecule has 1 aromatic heterocycles. The maximum Gasteiger partial charge on any atom is 0.235 e. The van der Waals surface area contributed by atoms with Crippen LogP contribution in [0.5, 0.6) is 5.75 Å². The Morgan fingerprint density at radius 2 is 2.29 bits per heavy atom. The lowest BCUT2D eigenvalue weighted by Gasteiger charge is -2.16. The number of amides is 1. The molecule has 0 spiro atoms. The molecule has 0 aliphatic carbocycles. The summed E-state index contributed by atoms with van der Waals surface area (Å²) in [5.41, 5.74) is 3.13. The highest BCUT2D eigenvalue weighted by atomic mass is 32.2. The fourth-order valence-corrected chi connectivity index (χ4v) is 3.79. The zero-order valence-corrected chi connectivity index (χ0v) is 13.0. The summed E-state index contributed by atoms with van der Waals surface area (Å²) in [5, 5.41) is 7.47. The fraction of sp³-hybridized carbons (Fsp3) is 0.333. The number of anilines is 1. The van der Waals surface area contributed by atoms with Gasteiger partial charge in [0.05, 0.1) is 23.8 Å². The summed E-state index contributed by atoms with van der Waals surface area (Å²) in [7, 11) is 3.51. The number of thioether (sulfide) groups is 1. The van der Waals surface area contributed by atoms with E-state index in [1.807, 2.05) is 32.2 Å². The molecule has 0 saturated heterocycles. The molecular formula is C15H17N3O2S. The molecule has 1 aliphatic heterocycles. The third kappa shape index (κ3) is 2.51. The number of hydrogen-bond donors (Lipinski definition) is 1. The van der Waals surface area contributed by atoms with Crippen LogP contribution < -0.4 is 10.1 Å². The van der Waals surface area contributed by atoms with Crippen LogP contribution in [0.15, 0.2) is 24.3 Å². The van der Waals surface area contributed by atoms with Gasteiger partial charge in [-0.3, -0.25) is 9.48 Å². The molecule has 0 radical (unpaired) electrons. The predicted octanol–water partition coefficient (Wildman–Crippen LogP) is 2.51. The monoisotopic (exact) mass is 303 g/mol. The second-order valence-electron chi connectivity index (χ2n) is 4.99. The van der Waals surface area contributed by atoms with Gasteiger partial charge < -0.3 is 10.1 Å². The standard InChI is InChI=1S/C15H17N3O2S/c1-9-13-14(10-5-4-6-11(7-10)20-3)21-8-12(19)16-15(13)18(2)17-9/h4-7,14H,8H2,1-3H3,(H,16,19)/t14-/m0/s1. The smallest absolute Gasteiger partial charge is 0.235 e. The van der Waals surface area contributed by atoms with Crippen molar-refractivity contribution in [2.24, 2.45) is 7.05 Å². The fourth-order valence-electron chi connectivity index (χ4n) is 2.61. The summed E-state index contributed by atoms with van der Waals surface area (Å²) in [6.45, 7) is 1.98. The van der Waals surface area contributed by atoms with E-state index in [0.717, 1.165) is 28.4 Å². The number of nitrogens with zero attached hydrogens (tertiary/aromatic N) is 2. The Hall–Kier alpha value is -1.95. The van der Waals surface area contributed by atoms with Gasteiger partial charge in [-0.1, -0.05) is 12.1 Å². The SMILES string of the molecule is COc1cccc([C@@H]2SCC(=O)Nc3c2c(C)nn3C)c1. The number of aryl methyl sites for hydroxylation is 2. The van der Waals surface area contributed by atoms with Crippen LogP contribution in [0.3, 0.4) is 0 Å². The number of methoxy groups -OCH3 is 1. The van der Waals surface area contributed by atoms with Crippen molar-refractivity contribution in [2.45, 2.75) is 12.2 Å². The van der Waals surface area contributed by atoms with Gasteiger partial charge in [0.1, 0.15) is 11.6 Å². The molecule has 1 amide bonds. The summed E-state index contributed by atoms with van der Waals surface area (Å²) in [5.74, 6) is 2.04. The van der Waals surface area contributed by atoms with Crippen LogP contribution in [0.1, 0.15) is 22.1 Å². The summed E-state index contributed by atoms with van der Waals surface area (Å²) in [6, 6.07) is 7.97. The molecule has 0 fully saturated rings. The lowest BCUT2D eigenvalue weighted by Crippen LogP contribution is -2.15. The number of hydrogen-bond acceptors (Lipinski definition) is 4. The van der Waals surface area contributed by atoms with E-state index < -0.39 is 0 Å². The van der Waals surface area contributed by atoms with Crippen molar-refractivity contribution in [3.05, 3.63) is 41.1 Å². The van der Waals surface area contributed by atoms with Gasteiger partial charge >= 0.3 is 0 Å². The molecule has 2 heterocycles. The van der Waals surface area contributed by atoms with E-state index in [1.165, 1.54) is 0 Å². The lowest BCUT2D eigenvalue weighted by molar-refractivity contribution is -0.113. The lowest BCUT2D eigenvalue weighted by atomic mass is 10.0. The average molecular weight is 303 g/mol. The summed E-state index contributed by atoms with van der Waals surface area (Å²) in [6.07, 6.45) is 0. The first-order chi connectivity index (χ1) is 10.1. The van der Waals surface area contributed by atoms with E-state index in [0.29, 0.717) is 5.75 Å². The van der Waals surface area contributed by atoms with Crippen molar-refractivity contribution in [1.29, 1.82) is 0 Å². The van der Waals surface area contributed by atoms with E-state index in [9.17, 15) is 4.79 Å². The Morgan fingerprint density at radius 1 is 1.48 bits per heavy atom. The minimum atomic E-state index is 0.00893. The summed E-state index contributed by atoms with van der Waals surface area (Å²) >= 11 is 1.61. The number of fused-ring (bicyclic) bond motifs is 1. The van der Waals surface area contributed by atoms with Crippen molar-refractivity contribution in [3.8, 4) is 5.75 Å². The molecule has 0 unspecified atom stereocenters. The van der Waals surface area contributed by atoms with Gasteiger partial charge in [-0.2, -0.15) is 5.10 Å². The van der Waals surface area contributed by atoms with Crippen LogP contribution in [0.2, 0.25) is 0 Å². The van der Waals surface area contributed by atoms with E-state index >= 15 is 0 Å². The van der Waals surface area contributed by atoms with Crippen LogP contribution in [-0.2, 0) is 11.8 Å². The highest BCUT2D eigenvalue weighted by Gasteiger charge is 2.29. The number of benzene rings is 1. The van der Waals surface area contributed by atoms with Gasteiger partial charge in [-0.25, -0.2) is 0 Å². The van der Waals surface area contributed by atoms with Gasteiger partial charge in [-0.05, 0) is 24.6 Å². The molecular weight excluding hydrogens is 286 g/mol. The second-order valence-corrected chi connectivity index (χ2v) is 6.08. The number of carbonyl (C=O) groups excluding carboxylic acids is 1. The molecule has 0 bridgehead atoms. The van der Waals surface area contributed by atoms with E-state index in [4.69, 9.17) is 4.74 Å². The summed E-state index contributed by atoms with van der Waals surface area (Å²) in [4.78, 5) is 11.9. The first kappa shape index (κ1) is 14.0. The molecule has 2 aromatic rings. The molecule has 110 valence electrons. The topological polar surface area (TPSA) is 56.1 Å². The van der Waals surface area contributed by atoms with Gasteiger partial charge in [0.15, 0.2) is 0 Å². The first-order valence-electron chi connectivity index (χ1n) is 6.69. The third-order valence-electron chi connectivity index (χ3n) is 3.57. The van der Waals surface area contributed by atoms with Crippen molar-refractivity contribution in [3.63, 3.8) is 0 Å². The number of carbonyl (C=O) groups is 1. The largest absolute Gasteiger partial charge is 0.497 e. The predicted molar refractivity (Wildman–Crippen MR) is 83.9 cm³/mol. The number of nitrogens with one attached hydrogen (secondary N) is 1. The van der Waals surface area contributed by atoms with Crippen LogP contribution in [0.4, 0.5) is 5.82 Å². The zero-order chi connectivity index (χ0) is 15.0. The summed E-state index contributed by atoms with van der Waals surface area (Å²) < 4.78 is 7.05. The Labute approximate surface area is 127 Å². The molecule has 21 heavy (non-hydrogen) atoms. The van der Waals surface area contributed by atoms with Crippen molar-refractivity contribution in [2.75, 3.05) is 18.2 Å². The van der Waals surface area contributed by atoms with Gasteiger partial charge in [-0.15, -0.1) is 11.8 Å². The van der Waals surface area contributed by atoms with Gasteiger partial charge in [0.25, 0.3) is 0 Å². The van der Waals surface area contributed by atoms with Crippen molar-refractivity contribution >= 4 is 23.5 Å². The minimum absolute atomic E-state index is 0.00893. The quantitative estimate of drug-likeness (QED) is 0.926. The van der Waals surface area contributed by atoms with Gasteiger partial charge in [0, 0.05) is 12.6 Å². The third-order valence-corrected chi connectivity index (χ3v) is 4.84. The Balaban J connectivity index is 2.12. The van der Waals surface area contributed by atoms with Crippen molar-refractivity contribution in [1.82, 2.24) is 9.78 Å². The molecule has 1 aromatic carbocycles. The Morgan fingerprint density at radius 3 is 3.05 bits per heavy atom. The van der Waals surface area contributed by atoms with Crippen molar-refractivity contribution < 1.29 is 9.53 Å².